The molecule has 108 valence electrons. The van der Waals surface area contributed by atoms with E-state index < -0.39 is 11.9 Å². The van der Waals surface area contributed by atoms with Crippen LogP contribution in [-0.2, 0) is 6.18 Å². The molecule has 2 heterocycles. The van der Waals surface area contributed by atoms with Crippen molar-refractivity contribution in [3.05, 3.63) is 24.2 Å². The van der Waals surface area contributed by atoms with Crippen LogP contribution < -0.4 is 11.1 Å². The SMILES string of the molecule is NCC1(CNc2nccn3nc(C(F)(F)F)cc23)CC1. The van der Waals surface area contributed by atoms with Gasteiger partial charge in [-0.2, -0.15) is 18.3 Å². The van der Waals surface area contributed by atoms with Gasteiger partial charge in [-0.1, -0.05) is 0 Å². The Hall–Kier alpha value is -1.83. The lowest BCUT2D eigenvalue weighted by Crippen LogP contribution is -2.24. The highest BCUT2D eigenvalue weighted by Gasteiger charge is 2.41. The molecular formula is C12H14F3N5. The lowest BCUT2D eigenvalue weighted by molar-refractivity contribution is -0.141. The zero-order chi connectivity index (χ0) is 14.4. The lowest BCUT2D eigenvalue weighted by Gasteiger charge is -2.14. The summed E-state index contributed by atoms with van der Waals surface area (Å²) in [5, 5.41) is 6.60. The molecule has 1 saturated carbocycles. The molecule has 0 atom stereocenters. The number of nitrogens with zero attached hydrogens (tertiary/aromatic N) is 3. The summed E-state index contributed by atoms with van der Waals surface area (Å²) in [6, 6.07) is 0.997. The van der Waals surface area contributed by atoms with Crippen molar-refractivity contribution in [3.8, 4) is 0 Å². The van der Waals surface area contributed by atoms with Crippen molar-refractivity contribution in [1.29, 1.82) is 0 Å². The monoisotopic (exact) mass is 285 g/mol. The number of halogens is 3. The van der Waals surface area contributed by atoms with Crippen LogP contribution >= 0.6 is 0 Å². The minimum atomic E-state index is -4.46. The summed E-state index contributed by atoms with van der Waals surface area (Å²) in [5.41, 5.74) is 5.14. The zero-order valence-corrected chi connectivity index (χ0v) is 10.6. The Bertz CT molecular complexity index is 630. The molecule has 0 unspecified atom stereocenters. The Morgan fingerprint density at radius 2 is 2.15 bits per heavy atom. The summed E-state index contributed by atoms with van der Waals surface area (Å²) >= 11 is 0. The van der Waals surface area contributed by atoms with Crippen LogP contribution in [0.1, 0.15) is 18.5 Å². The molecule has 1 fully saturated rings. The van der Waals surface area contributed by atoms with Crippen molar-refractivity contribution in [2.24, 2.45) is 11.1 Å². The highest BCUT2D eigenvalue weighted by Crippen LogP contribution is 2.44. The number of fused-ring (bicyclic) bond motifs is 1. The van der Waals surface area contributed by atoms with Crippen molar-refractivity contribution in [2.45, 2.75) is 19.0 Å². The first-order valence-corrected chi connectivity index (χ1v) is 6.29. The first-order chi connectivity index (χ1) is 9.43. The van der Waals surface area contributed by atoms with Gasteiger partial charge >= 0.3 is 6.18 Å². The molecule has 2 aromatic rings. The van der Waals surface area contributed by atoms with E-state index in [4.69, 9.17) is 5.73 Å². The highest BCUT2D eigenvalue weighted by atomic mass is 19.4. The Labute approximate surface area is 113 Å². The van der Waals surface area contributed by atoms with Crippen molar-refractivity contribution in [3.63, 3.8) is 0 Å². The average molecular weight is 285 g/mol. The minimum absolute atomic E-state index is 0.0708. The number of rotatable bonds is 4. The number of alkyl halides is 3. The van der Waals surface area contributed by atoms with E-state index in [0.717, 1.165) is 18.9 Å². The van der Waals surface area contributed by atoms with Crippen molar-refractivity contribution in [1.82, 2.24) is 14.6 Å². The van der Waals surface area contributed by atoms with E-state index in [2.05, 4.69) is 15.4 Å². The van der Waals surface area contributed by atoms with Crippen LogP contribution in [0.4, 0.5) is 19.0 Å². The fraction of sp³-hybridized carbons (Fsp3) is 0.500. The molecule has 1 aliphatic carbocycles. The molecule has 2 aromatic heterocycles. The summed E-state index contributed by atoms with van der Waals surface area (Å²) in [7, 11) is 0. The average Bonchev–Trinajstić information content (AvgIpc) is 3.04. The molecule has 0 bridgehead atoms. The van der Waals surface area contributed by atoms with E-state index in [1.165, 1.54) is 16.9 Å². The van der Waals surface area contributed by atoms with Crippen LogP contribution in [0.3, 0.4) is 0 Å². The summed E-state index contributed by atoms with van der Waals surface area (Å²) in [6.45, 7) is 1.18. The molecule has 8 heteroatoms. The standard InChI is InChI=1S/C12H14F3N5/c13-12(14,15)9-5-8-10(17-3-4-20(8)19-9)18-7-11(6-16)1-2-11/h3-5H,1-2,6-7,16H2,(H,17,18). The predicted octanol–water partition coefficient (Wildman–Crippen LogP) is 1.90. The second kappa shape index (κ2) is 4.34. The number of aromatic nitrogens is 3. The van der Waals surface area contributed by atoms with Crippen LogP contribution in [0.2, 0.25) is 0 Å². The van der Waals surface area contributed by atoms with Crippen LogP contribution in [-0.4, -0.2) is 27.7 Å². The van der Waals surface area contributed by atoms with Gasteiger partial charge in [0.15, 0.2) is 11.5 Å². The third kappa shape index (κ3) is 2.31. The minimum Gasteiger partial charge on any atom is -0.368 e. The maximum atomic E-state index is 12.7. The first-order valence-electron chi connectivity index (χ1n) is 6.29. The molecule has 0 amide bonds. The number of anilines is 1. The molecule has 1 aliphatic rings. The molecule has 0 radical (unpaired) electrons. The van der Waals surface area contributed by atoms with E-state index in [9.17, 15) is 13.2 Å². The van der Waals surface area contributed by atoms with Crippen LogP contribution in [0.25, 0.3) is 5.52 Å². The van der Waals surface area contributed by atoms with E-state index in [1.54, 1.807) is 0 Å². The van der Waals surface area contributed by atoms with Gasteiger partial charge in [-0.05, 0) is 24.8 Å². The maximum Gasteiger partial charge on any atom is 0.435 e. The van der Waals surface area contributed by atoms with Gasteiger partial charge in [0.1, 0.15) is 5.52 Å². The van der Waals surface area contributed by atoms with Crippen LogP contribution in [0.5, 0.6) is 0 Å². The topological polar surface area (TPSA) is 68.2 Å². The Morgan fingerprint density at radius 3 is 2.75 bits per heavy atom. The fourth-order valence-corrected chi connectivity index (χ4v) is 2.10. The number of hydrogen-bond donors (Lipinski definition) is 2. The number of hydrogen-bond acceptors (Lipinski definition) is 4. The van der Waals surface area contributed by atoms with Gasteiger partial charge < -0.3 is 11.1 Å². The second-order valence-electron chi connectivity index (χ2n) is 5.19. The Balaban J connectivity index is 1.89. The molecule has 20 heavy (non-hydrogen) atoms. The van der Waals surface area contributed by atoms with Gasteiger partial charge in [0, 0.05) is 25.0 Å². The lowest BCUT2D eigenvalue weighted by atomic mass is 10.1. The summed E-state index contributed by atoms with van der Waals surface area (Å²) in [6.07, 6.45) is 0.424. The fourth-order valence-electron chi connectivity index (χ4n) is 2.10. The zero-order valence-electron chi connectivity index (χ0n) is 10.6. The normalized spacial score (nSPS) is 17.4. The Morgan fingerprint density at radius 1 is 1.40 bits per heavy atom. The molecule has 5 nitrogen and oxygen atoms in total. The molecule has 0 saturated heterocycles. The van der Waals surface area contributed by atoms with Gasteiger partial charge in [-0.3, -0.25) is 0 Å². The van der Waals surface area contributed by atoms with Gasteiger partial charge in [-0.15, -0.1) is 0 Å². The van der Waals surface area contributed by atoms with Gasteiger partial charge in [0.05, 0.1) is 0 Å². The number of nitrogens with one attached hydrogen (secondary N) is 1. The first kappa shape index (κ1) is 13.2. The van der Waals surface area contributed by atoms with E-state index in [-0.39, 0.29) is 5.41 Å². The van der Waals surface area contributed by atoms with Crippen LogP contribution in [0, 0.1) is 5.41 Å². The quantitative estimate of drug-likeness (QED) is 0.900. The molecule has 0 aromatic carbocycles. The van der Waals surface area contributed by atoms with E-state index in [1.807, 2.05) is 0 Å². The highest BCUT2D eigenvalue weighted by molar-refractivity contribution is 5.68. The Kier molecular flexibility index (Phi) is 2.86. The third-order valence-electron chi connectivity index (χ3n) is 3.70. The molecule has 3 rings (SSSR count). The third-order valence-corrected chi connectivity index (χ3v) is 3.70. The molecule has 3 N–H and O–H groups in total. The molecule has 0 spiro atoms. The van der Waals surface area contributed by atoms with E-state index in [0.29, 0.717) is 24.4 Å². The molecular weight excluding hydrogens is 271 g/mol. The summed E-state index contributed by atoms with van der Waals surface area (Å²) in [4.78, 5) is 4.09. The van der Waals surface area contributed by atoms with Gasteiger partial charge in [0.25, 0.3) is 0 Å². The largest absolute Gasteiger partial charge is 0.435 e. The number of nitrogens with two attached hydrogens (primary N) is 1. The van der Waals surface area contributed by atoms with E-state index >= 15 is 0 Å². The molecule has 0 aliphatic heterocycles. The van der Waals surface area contributed by atoms with Gasteiger partial charge in [0.2, 0.25) is 0 Å². The smallest absolute Gasteiger partial charge is 0.368 e. The predicted molar refractivity (Wildman–Crippen MR) is 67.2 cm³/mol. The maximum absolute atomic E-state index is 12.7. The second-order valence-corrected chi connectivity index (χ2v) is 5.19. The summed E-state index contributed by atoms with van der Waals surface area (Å²) < 4.78 is 39.2. The summed E-state index contributed by atoms with van der Waals surface area (Å²) in [5.74, 6) is 0.398. The van der Waals surface area contributed by atoms with Crippen molar-refractivity contribution in [2.75, 3.05) is 18.4 Å². The van der Waals surface area contributed by atoms with Crippen molar-refractivity contribution < 1.29 is 13.2 Å². The van der Waals surface area contributed by atoms with Crippen LogP contribution in [0.15, 0.2) is 18.5 Å². The van der Waals surface area contributed by atoms with Crippen molar-refractivity contribution >= 4 is 11.3 Å². The van der Waals surface area contributed by atoms with Gasteiger partial charge in [-0.25, -0.2) is 9.50 Å².